The van der Waals surface area contributed by atoms with Gasteiger partial charge in [0.1, 0.15) is 0 Å². The van der Waals surface area contributed by atoms with E-state index in [0.29, 0.717) is 5.56 Å². The summed E-state index contributed by atoms with van der Waals surface area (Å²) in [5.41, 5.74) is -1.14. The van der Waals surface area contributed by atoms with Crippen molar-refractivity contribution in [3.8, 4) is 0 Å². The summed E-state index contributed by atoms with van der Waals surface area (Å²) in [6.45, 7) is 1.37. The van der Waals surface area contributed by atoms with E-state index in [1.54, 1.807) is 0 Å². The molecule has 1 unspecified atom stereocenters. The topological polar surface area (TPSA) is 91.7 Å². The number of aliphatic carboxylic acids is 1. The molecule has 0 aromatic heterocycles. The fourth-order valence-corrected chi connectivity index (χ4v) is 2.09. The van der Waals surface area contributed by atoms with Crippen LogP contribution in [-0.4, -0.2) is 30.9 Å². The van der Waals surface area contributed by atoms with Crippen molar-refractivity contribution in [2.24, 2.45) is 0 Å². The zero-order chi connectivity index (χ0) is 13.3. The van der Waals surface area contributed by atoms with Crippen LogP contribution in [0.4, 0.5) is 0 Å². The number of benzene rings is 1. The highest BCUT2D eigenvalue weighted by Gasteiger charge is 2.26. The zero-order valence-electron chi connectivity index (χ0n) is 9.54. The van der Waals surface area contributed by atoms with E-state index < -0.39 is 27.8 Å². The van der Waals surface area contributed by atoms with Gasteiger partial charge in [0, 0.05) is 6.26 Å². The summed E-state index contributed by atoms with van der Waals surface area (Å²) in [6.07, 6.45) is 0.641. The molecule has 0 amide bonds. The third-order valence-corrected chi connectivity index (χ3v) is 3.53. The zero-order valence-corrected chi connectivity index (χ0v) is 10.4. The Balaban J connectivity index is 3.07. The van der Waals surface area contributed by atoms with Gasteiger partial charge in [-0.1, -0.05) is 12.1 Å². The van der Waals surface area contributed by atoms with Crippen molar-refractivity contribution in [2.45, 2.75) is 23.8 Å². The van der Waals surface area contributed by atoms with Crippen LogP contribution in [0, 0.1) is 0 Å². The van der Waals surface area contributed by atoms with Gasteiger partial charge in [0.25, 0.3) is 0 Å². The molecule has 1 aromatic rings. The van der Waals surface area contributed by atoms with E-state index in [9.17, 15) is 18.3 Å². The van der Waals surface area contributed by atoms with Gasteiger partial charge in [-0.25, -0.2) is 8.42 Å². The number of carboxylic acids is 1. The van der Waals surface area contributed by atoms with Crippen LogP contribution in [-0.2, 0) is 20.2 Å². The highest BCUT2D eigenvalue weighted by Crippen LogP contribution is 2.25. The second-order valence-corrected chi connectivity index (χ2v) is 6.16. The molecular formula is C11H14O5S. The molecule has 0 radical (unpaired) electrons. The Morgan fingerprint density at radius 3 is 2.12 bits per heavy atom. The van der Waals surface area contributed by atoms with Gasteiger partial charge < -0.3 is 10.2 Å². The van der Waals surface area contributed by atoms with Gasteiger partial charge in [0.05, 0.1) is 16.9 Å². The van der Waals surface area contributed by atoms with E-state index in [2.05, 4.69) is 0 Å². The Labute approximate surface area is 99.6 Å². The SMILES string of the molecule is CC(O)(CC(=O)O)c1ccc(S(C)(=O)=O)cc1. The molecule has 0 aliphatic rings. The Morgan fingerprint density at radius 1 is 1.29 bits per heavy atom. The van der Waals surface area contributed by atoms with Gasteiger partial charge in [-0.2, -0.15) is 0 Å². The predicted molar refractivity (Wildman–Crippen MR) is 61.4 cm³/mol. The molecule has 5 nitrogen and oxygen atoms in total. The van der Waals surface area contributed by atoms with Gasteiger partial charge in [0.2, 0.25) is 0 Å². The standard InChI is InChI=1S/C11H14O5S/c1-11(14,7-10(12)13)8-3-5-9(6-4-8)17(2,15)16/h3-6,14H,7H2,1-2H3,(H,12,13). The smallest absolute Gasteiger partial charge is 0.306 e. The minimum atomic E-state index is -3.29. The molecule has 0 fully saturated rings. The Kier molecular flexibility index (Phi) is 3.59. The van der Waals surface area contributed by atoms with Crippen LogP contribution >= 0.6 is 0 Å². The summed E-state index contributed by atoms with van der Waals surface area (Å²) in [4.78, 5) is 10.7. The lowest BCUT2D eigenvalue weighted by Gasteiger charge is -2.21. The average Bonchev–Trinajstić information content (AvgIpc) is 2.14. The summed E-state index contributed by atoms with van der Waals surface area (Å²) in [5.74, 6) is -1.12. The second kappa shape index (κ2) is 4.46. The average molecular weight is 258 g/mol. The highest BCUT2D eigenvalue weighted by atomic mass is 32.2. The van der Waals surface area contributed by atoms with Gasteiger partial charge in [-0.15, -0.1) is 0 Å². The van der Waals surface area contributed by atoms with Crippen LogP contribution in [0.5, 0.6) is 0 Å². The summed E-state index contributed by atoms with van der Waals surface area (Å²) < 4.78 is 22.4. The highest BCUT2D eigenvalue weighted by molar-refractivity contribution is 7.90. The molecule has 1 aromatic carbocycles. The minimum Gasteiger partial charge on any atom is -0.481 e. The van der Waals surface area contributed by atoms with Crippen molar-refractivity contribution in [2.75, 3.05) is 6.26 Å². The molecule has 1 atom stereocenters. The molecule has 2 N–H and O–H groups in total. The summed E-state index contributed by atoms with van der Waals surface area (Å²) in [7, 11) is -3.29. The molecule has 1 rings (SSSR count). The van der Waals surface area contributed by atoms with Crippen molar-refractivity contribution in [3.05, 3.63) is 29.8 Å². The van der Waals surface area contributed by atoms with E-state index in [0.717, 1.165) is 6.26 Å². The number of aliphatic hydroxyl groups is 1. The number of sulfone groups is 1. The van der Waals surface area contributed by atoms with Crippen molar-refractivity contribution in [1.82, 2.24) is 0 Å². The van der Waals surface area contributed by atoms with Crippen LogP contribution in [0.1, 0.15) is 18.9 Å². The molecule has 0 spiro atoms. The van der Waals surface area contributed by atoms with E-state index in [-0.39, 0.29) is 4.90 Å². The van der Waals surface area contributed by atoms with E-state index in [4.69, 9.17) is 5.11 Å². The van der Waals surface area contributed by atoms with Crippen molar-refractivity contribution in [1.29, 1.82) is 0 Å². The lowest BCUT2D eigenvalue weighted by atomic mass is 9.93. The van der Waals surface area contributed by atoms with Crippen molar-refractivity contribution >= 4 is 15.8 Å². The third-order valence-electron chi connectivity index (χ3n) is 2.40. The molecule has 0 aliphatic carbocycles. The number of rotatable bonds is 4. The maximum atomic E-state index is 11.2. The van der Waals surface area contributed by atoms with Crippen LogP contribution in [0.15, 0.2) is 29.2 Å². The largest absolute Gasteiger partial charge is 0.481 e. The first-order valence-electron chi connectivity index (χ1n) is 4.88. The first kappa shape index (κ1) is 13.7. The molecule has 0 aliphatic heterocycles. The first-order valence-corrected chi connectivity index (χ1v) is 6.77. The summed E-state index contributed by atoms with van der Waals surface area (Å²) in [5, 5.41) is 18.6. The number of carboxylic acid groups (broad SMARTS) is 1. The molecule has 17 heavy (non-hydrogen) atoms. The normalized spacial score (nSPS) is 15.2. The van der Waals surface area contributed by atoms with Crippen LogP contribution in [0.2, 0.25) is 0 Å². The Hall–Kier alpha value is -1.40. The molecule has 0 saturated carbocycles. The number of hydrogen-bond donors (Lipinski definition) is 2. The maximum absolute atomic E-state index is 11.2. The van der Waals surface area contributed by atoms with E-state index in [1.807, 2.05) is 0 Å². The lowest BCUT2D eigenvalue weighted by molar-refractivity contribution is -0.142. The minimum absolute atomic E-state index is 0.132. The molecule has 0 saturated heterocycles. The van der Waals surface area contributed by atoms with Crippen molar-refractivity contribution < 1.29 is 23.4 Å². The Bertz CT molecular complexity index is 513. The number of carbonyl (C=O) groups is 1. The van der Waals surface area contributed by atoms with E-state index in [1.165, 1.54) is 31.2 Å². The fourth-order valence-electron chi connectivity index (χ4n) is 1.46. The van der Waals surface area contributed by atoms with Gasteiger partial charge >= 0.3 is 5.97 Å². The second-order valence-electron chi connectivity index (χ2n) is 4.14. The third kappa shape index (κ3) is 3.54. The molecular weight excluding hydrogens is 244 g/mol. The number of hydrogen-bond acceptors (Lipinski definition) is 4. The van der Waals surface area contributed by atoms with Gasteiger partial charge in [0.15, 0.2) is 9.84 Å². The molecule has 94 valence electrons. The lowest BCUT2D eigenvalue weighted by Crippen LogP contribution is -2.25. The predicted octanol–water partition coefficient (Wildman–Crippen LogP) is 0.772. The summed E-state index contributed by atoms with van der Waals surface area (Å²) >= 11 is 0. The van der Waals surface area contributed by atoms with Crippen molar-refractivity contribution in [3.63, 3.8) is 0 Å². The monoisotopic (exact) mass is 258 g/mol. The molecule has 0 heterocycles. The maximum Gasteiger partial charge on any atom is 0.306 e. The van der Waals surface area contributed by atoms with Crippen LogP contribution < -0.4 is 0 Å². The fraction of sp³-hybridized carbons (Fsp3) is 0.364. The molecule has 0 bridgehead atoms. The molecule has 6 heteroatoms. The van der Waals surface area contributed by atoms with Crippen LogP contribution in [0.3, 0.4) is 0 Å². The summed E-state index contributed by atoms with van der Waals surface area (Å²) in [6, 6.07) is 5.53. The van der Waals surface area contributed by atoms with Crippen LogP contribution in [0.25, 0.3) is 0 Å². The van der Waals surface area contributed by atoms with Gasteiger partial charge in [-0.05, 0) is 24.6 Å². The first-order chi connectivity index (χ1) is 7.63. The van der Waals surface area contributed by atoms with Gasteiger partial charge in [-0.3, -0.25) is 4.79 Å². The quantitative estimate of drug-likeness (QED) is 0.832. The van der Waals surface area contributed by atoms with E-state index >= 15 is 0 Å². The Morgan fingerprint density at radius 2 is 1.76 bits per heavy atom.